The number of hydrogen-bond donors (Lipinski definition) is 1. The molecule has 1 N–H and O–H groups in total. The normalized spacial score (nSPS) is 27.1. The molecule has 2 nitrogen and oxygen atoms in total. The van der Waals surface area contributed by atoms with Crippen LogP contribution in [-0.2, 0) is 0 Å². The molecule has 0 aromatic rings. The van der Waals surface area contributed by atoms with Gasteiger partial charge >= 0.3 is 0 Å². The summed E-state index contributed by atoms with van der Waals surface area (Å²) in [4.78, 5) is 0. The fourth-order valence-electron chi connectivity index (χ4n) is 2.32. The van der Waals surface area contributed by atoms with Gasteiger partial charge in [0, 0.05) is 12.5 Å². The van der Waals surface area contributed by atoms with Gasteiger partial charge in [0.1, 0.15) is 0 Å². The summed E-state index contributed by atoms with van der Waals surface area (Å²) in [6.07, 6.45) is 8.52. The first-order valence-corrected chi connectivity index (χ1v) is 5.97. The van der Waals surface area contributed by atoms with Crippen molar-refractivity contribution in [1.82, 2.24) is 5.32 Å². The lowest BCUT2D eigenvalue weighted by molar-refractivity contribution is 0.279. The smallest absolute Gasteiger partial charge is 0.0622 e. The van der Waals surface area contributed by atoms with Crippen LogP contribution in [-0.4, -0.2) is 12.6 Å². The van der Waals surface area contributed by atoms with E-state index in [1.165, 1.54) is 32.1 Å². The van der Waals surface area contributed by atoms with Crippen molar-refractivity contribution in [2.75, 3.05) is 6.54 Å². The molecule has 2 atom stereocenters. The quantitative estimate of drug-likeness (QED) is 0.683. The fourth-order valence-corrected chi connectivity index (χ4v) is 2.32. The van der Waals surface area contributed by atoms with E-state index in [4.69, 9.17) is 5.26 Å². The van der Waals surface area contributed by atoms with Crippen LogP contribution in [0.25, 0.3) is 0 Å². The van der Waals surface area contributed by atoms with Gasteiger partial charge in [-0.15, -0.1) is 0 Å². The Morgan fingerprint density at radius 3 is 3.00 bits per heavy atom. The Hall–Kier alpha value is -0.550. The second-order valence-corrected chi connectivity index (χ2v) is 4.35. The summed E-state index contributed by atoms with van der Waals surface area (Å²) < 4.78 is 0. The van der Waals surface area contributed by atoms with Crippen LogP contribution >= 0.6 is 0 Å². The predicted molar refractivity (Wildman–Crippen MR) is 58.9 cm³/mol. The predicted octanol–water partition coefficient (Wildman–Crippen LogP) is 2.85. The zero-order valence-corrected chi connectivity index (χ0v) is 9.26. The van der Waals surface area contributed by atoms with E-state index in [9.17, 15) is 0 Å². The molecular weight excluding hydrogens is 172 g/mol. The summed E-state index contributed by atoms with van der Waals surface area (Å²) in [6.45, 7) is 3.32. The highest BCUT2D eigenvalue weighted by atomic mass is 14.9. The van der Waals surface area contributed by atoms with Gasteiger partial charge in [0.2, 0.25) is 0 Å². The summed E-state index contributed by atoms with van der Waals surface area (Å²) in [7, 11) is 0. The highest BCUT2D eigenvalue weighted by molar-refractivity contribution is 4.78. The Morgan fingerprint density at radius 2 is 2.29 bits per heavy atom. The average molecular weight is 194 g/mol. The summed E-state index contributed by atoms with van der Waals surface area (Å²) in [5.74, 6) is 0.942. The van der Waals surface area contributed by atoms with Gasteiger partial charge in [-0.2, -0.15) is 5.26 Å². The van der Waals surface area contributed by atoms with E-state index in [2.05, 4.69) is 18.3 Å². The third kappa shape index (κ3) is 4.11. The second kappa shape index (κ2) is 6.84. The molecule has 0 radical (unpaired) electrons. The molecule has 14 heavy (non-hydrogen) atoms. The maximum absolute atomic E-state index is 8.41. The second-order valence-electron chi connectivity index (χ2n) is 4.35. The minimum absolute atomic E-state index is 0.691. The number of nitrogens with zero attached hydrogens (tertiary/aromatic N) is 1. The first-order valence-electron chi connectivity index (χ1n) is 5.97. The molecule has 2 unspecified atom stereocenters. The average Bonchev–Trinajstić information content (AvgIpc) is 2.25. The van der Waals surface area contributed by atoms with E-state index in [0.717, 1.165) is 24.9 Å². The van der Waals surface area contributed by atoms with Crippen molar-refractivity contribution in [2.45, 2.75) is 57.9 Å². The zero-order valence-electron chi connectivity index (χ0n) is 9.26. The lowest BCUT2D eigenvalue weighted by Crippen LogP contribution is -2.34. The molecule has 80 valence electrons. The fraction of sp³-hybridized carbons (Fsp3) is 0.917. The number of hydrogen-bond acceptors (Lipinski definition) is 2. The number of unbranched alkanes of at least 4 members (excludes halogenated alkanes) is 1. The third-order valence-corrected chi connectivity index (χ3v) is 3.26. The molecule has 0 bridgehead atoms. The Bertz CT molecular complexity index is 183. The van der Waals surface area contributed by atoms with Crippen LogP contribution in [0.2, 0.25) is 0 Å². The van der Waals surface area contributed by atoms with E-state index in [0.29, 0.717) is 6.42 Å². The minimum atomic E-state index is 0.691. The molecule has 0 aromatic heterocycles. The molecule has 0 amide bonds. The Kier molecular flexibility index (Phi) is 5.63. The zero-order chi connectivity index (χ0) is 10.2. The molecule has 2 heteroatoms. The molecule has 0 aromatic carbocycles. The van der Waals surface area contributed by atoms with Crippen LogP contribution in [0, 0.1) is 17.2 Å². The van der Waals surface area contributed by atoms with Gasteiger partial charge in [-0.25, -0.2) is 0 Å². The summed E-state index contributed by atoms with van der Waals surface area (Å²) in [5.41, 5.74) is 0. The molecule has 0 spiro atoms. The number of nitrogens with one attached hydrogen (secondary N) is 1. The van der Waals surface area contributed by atoms with Gasteiger partial charge in [-0.1, -0.05) is 26.2 Å². The van der Waals surface area contributed by atoms with Gasteiger partial charge in [-0.3, -0.25) is 0 Å². The highest BCUT2D eigenvalue weighted by Crippen LogP contribution is 2.26. The first kappa shape index (κ1) is 11.5. The van der Waals surface area contributed by atoms with Crippen molar-refractivity contribution < 1.29 is 0 Å². The van der Waals surface area contributed by atoms with Crippen LogP contribution in [0.1, 0.15) is 51.9 Å². The van der Waals surface area contributed by atoms with Crippen molar-refractivity contribution in [2.24, 2.45) is 5.92 Å². The van der Waals surface area contributed by atoms with Gasteiger partial charge in [-0.05, 0) is 31.7 Å². The van der Waals surface area contributed by atoms with E-state index in [1.807, 2.05) is 0 Å². The maximum atomic E-state index is 8.41. The Balaban J connectivity index is 2.08. The van der Waals surface area contributed by atoms with Crippen molar-refractivity contribution >= 4 is 0 Å². The van der Waals surface area contributed by atoms with Crippen molar-refractivity contribution in [1.29, 1.82) is 5.26 Å². The maximum Gasteiger partial charge on any atom is 0.0622 e. The van der Waals surface area contributed by atoms with Gasteiger partial charge in [0.25, 0.3) is 0 Å². The van der Waals surface area contributed by atoms with Gasteiger partial charge < -0.3 is 5.32 Å². The van der Waals surface area contributed by atoms with Crippen LogP contribution in [0.4, 0.5) is 0 Å². The standard InChI is InChI=1S/C12H22N2/c1-2-11-6-5-7-12(10-11)14-9-4-3-8-13/h11-12,14H,2-7,9-10H2,1H3. The molecule has 1 fully saturated rings. The molecule has 0 saturated heterocycles. The molecular formula is C12H22N2. The van der Waals surface area contributed by atoms with E-state index < -0.39 is 0 Å². The highest BCUT2D eigenvalue weighted by Gasteiger charge is 2.19. The van der Waals surface area contributed by atoms with Crippen LogP contribution < -0.4 is 5.32 Å². The van der Waals surface area contributed by atoms with Crippen LogP contribution in [0.15, 0.2) is 0 Å². The SMILES string of the molecule is CCC1CCCC(NCCCC#N)C1. The molecule has 1 aliphatic carbocycles. The lowest BCUT2D eigenvalue weighted by atomic mass is 9.84. The van der Waals surface area contributed by atoms with Crippen LogP contribution in [0.5, 0.6) is 0 Å². The third-order valence-electron chi connectivity index (χ3n) is 3.26. The molecule has 0 aliphatic heterocycles. The van der Waals surface area contributed by atoms with E-state index in [1.54, 1.807) is 0 Å². The van der Waals surface area contributed by atoms with Gasteiger partial charge in [0.15, 0.2) is 0 Å². The van der Waals surface area contributed by atoms with E-state index >= 15 is 0 Å². The monoisotopic (exact) mass is 194 g/mol. The molecule has 1 rings (SSSR count). The Labute approximate surface area is 87.7 Å². The van der Waals surface area contributed by atoms with E-state index in [-0.39, 0.29) is 0 Å². The minimum Gasteiger partial charge on any atom is -0.314 e. The van der Waals surface area contributed by atoms with Crippen molar-refractivity contribution in [3.05, 3.63) is 0 Å². The summed E-state index contributed by atoms with van der Waals surface area (Å²) in [6, 6.07) is 2.91. The van der Waals surface area contributed by atoms with Crippen molar-refractivity contribution in [3.8, 4) is 6.07 Å². The largest absolute Gasteiger partial charge is 0.314 e. The summed E-state index contributed by atoms with van der Waals surface area (Å²) in [5, 5.41) is 12.0. The Morgan fingerprint density at radius 1 is 1.43 bits per heavy atom. The molecule has 1 saturated carbocycles. The van der Waals surface area contributed by atoms with Gasteiger partial charge in [0.05, 0.1) is 6.07 Å². The van der Waals surface area contributed by atoms with Crippen LogP contribution in [0.3, 0.4) is 0 Å². The number of rotatable bonds is 5. The molecule has 0 heterocycles. The summed E-state index contributed by atoms with van der Waals surface area (Å²) >= 11 is 0. The van der Waals surface area contributed by atoms with Crippen molar-refractivity contribution in [3.63, 3.8) is 0 Å². The first-order chi connectivity index (χ1) is 6.86. The molecule has 1 aliphatic rings. The number of nitriles is 1. The topological polar surface area (TPSA) is 35.8 Å². The lowest BCUT2D eigenvalue weighted by Gasteiger charge is -2.29.